The summed E-state index contributed by atoms with van der Waals surface area (Å²) in [5.41, 5.74) is 4.21. The summed E-state index contributed by atoms with van der Waals surface area (Å²) >= 11 is 0. The molecule has 1 aliphatic rings. The van der Waals surface area contributed by atoms with Crippen LogP contribution in [0.15, 0.2) is 42.9 Å². The molecule has 0 atom stereocenters. The fourth-order valence-corrected chi connectivity index (χ4v) is 3.10. The maximum atomic E-state index is 12.9. The summed E-state index contributed by atoms with van der Waals surface area (Å²) in [5.74, 6) is 0.626. The van der Waals surface area contributed by atoms with E-state index in [0.717, 1.165) is 35.6 Å². The Morgan fingerprint density at radius 2 is 2.19 bits per heavy atom. The third-order valence-electron chi connectivity index (χ3n) is 4.40. The van der Waals surface area contributed by atoms with E-state index in [-0.39, 0.29) is 6.03 Å². The van der Waals surface area contributed by atoms with Crippen LogP contribution in [0.25, 0.3) is 11.3 Å². The minimum atomic E-state index is -0.219. The fraction of sp³-hybridized carbons (Fsp3) is 0.263. The average Bonchev–Trinajstić information content (AvgIpc) is 2.94. The third-order valence-corrected chi connectivity index (χ3v) is 4.40. The van der Waals surface area contributed by atoms with Gasteiger partial charge in [-0.05, 0) is 37.6 Å². The highest BCUT2D eigenvalue weighted by molar-refractivity contribution is 6.03. The molecule has 8 heteroatoms. The highest BCUT2D eigenvalue weighted by Crippen LogP contribution is 2.30. The van der Waals surface area contributed by atoms with E-state index in [1.165, 1.54) is 0 Å². The Balaban J connectivity index is 1.68. The molecule has 0 saturated heterocycles. The van der Waals surface area contributed by atoms with Crippen LogP contribution in [-0.4, -0.2) is 38.9 Å². The second-order valence-electron chi connectivity index (χ2n) is 6.52. The van der Waals surface area contributed by atoms with Crippen LogP contribution in [0.3, 0.4) is 0 Å². The summed E-state index contributed by atoms with van der Waals surface area (Å²) in [7, 11) is 1.81. The molecule has 0 radical (unpaired) electrons. The Hall–Kier alpha value is -3.42. The smallest absolute Gasteiger partial charge is 0.327 e. The standard InChI is InChI=1S/C19H21N7O/c1-13-10-14(6-8-20-13)16-4-5-17-18(24-16)26(9-3-7-21-17)19(27)23-15-11-22-25(2)12-15/h4-6,8,10-12,21H,3,7,9H2,1-2H3,(H,23,27). The number of hydrogen-bond acceptors (Lipinski definition) is 5. The normalized spacial score (nSPS) is 13.5. The molecule has 0 aliphatic carbocycles. The molecule has 2 N–H and O–H groups in total. The van der Waals surface area contributed by atoms with Crippen molar-refractivity contribution in [2.75, 3.05) is 28.6 Å². The quantitative estimate of drug-likeness (QED) is 0.731. The number of rotatable bonds is 2. The average molecular weight is 363 g/mol. The number of urea groups is 1. The molecule has 138 valence electrons. The molecule has 2 amide bonds. The van der Waals surface area contributed by atoms with Crippen LogP contribution in [0.5, 0.6) is 0 Å². The van der Waals surface area contributed by atoms with Gasteiger partial charge in [-0.3, -0.25) is 14.6 Å². The summed E-state index contributed by atoms with van der Waals surface area (Å²) in [6.45, 7) is 3.32. The van der Waals surface area contributed by atoms with E-state index in [0.29, 0.717) is 18.1 Å². The van der Waals surface area contributed by atoms with Crippen molar-refractivity contribution in [3.63, 3.8) is 0 Å². The first kappa shape index (κ1) is 17.0. The lowest BCUT2D eigenvalue weighted by Crippen LogP contribution is -2.36. The van der Waals surface area contributed by atoms with Crippen LogP contribution < -0.4 is 15.5 Å². The number of pyridine rings is 2. The Morgan fingerprint density at radius 1 is 1.30 bits per heavy atom. The lowest BCUT2D eigenvalue weighted by molar-refractivity contribution is 0.257. The summed E-state index contributed by atoms with van der Waals surface area (Å²) in [6.07, 6.45) is 5.99. The van der Waals surface area contributed by atoms with Gasteiger partial charge in [0.15, 0.2) is 5.82 Å². The number of hydrogen-bond donors (Lipinski definition) is 2. The van der Waals surface area contributed by atoms with Crippen molar-refractivity contribution < 1.29 is 4.79 Å². The van der Waals surface area contributed by atoms with Gasteiger partial charge in [0.1, 0.15) is 0 Å². The van der Waals surface area contributed by atoms with E-state index >= 15 is 0 Å². The van der Waals surface area contributed by atoms with E-state index in [9.17, 15) is 4.79 Å². The van der Waals surface area contributed by atoms with Crippen molar-refractivity contribution in [2.24, 2.45) is 7.05 Å². The summed E-state index contributed by atoms with van der Waals surface area (Å²) in [6, 6.07) is 7.63. The number of amides is 2. The van der Waals surface area contributed by atoms with Gasteiger partial charge in [0, 0.05) is 43.8 Å². The fourth-order valence-electron chi connectivity index (χ4n) is 3.10. The molecule has 1 aliphatic heterocycles. The van der Waals surface area contributed by atoms with Gasteiger partial charge in [0.2, 0.25) is 0 Å². The zero-order valence-electron chi connectivity index (χ0n) is 15.3. The molecular formula is C19H21N7O. The first-order chi connectivity index (χ1) is 13.1. The number of carbonyl (C=O) groups is 1. The van der Waals surface area contributed by atoms with Gasteiger partial charge in [-0.1, -0.05) is 0 Å². The minimum absolute atomic E-state index is 0.219. The van der Waals surface area contributed by atoms with Gasteiger partial charge in [-0.25, -0.2) is 9.78 Å². The monoisotopic (exact) mass is 363 g/mol. The lowest BCUT2D eigenvalue weighted by atomic mass is 10.1. The van der Waals surface area contributed by atoms with Gasteiger partial charge >= 0.3 is 6.03 Å². The predicted molar refractivity (Wildman–Crippen MR) is 105 cm³/mol. The minimum Gasteiger partial charge on any atom is -0.382 e. The largest absolute Gasteiger partial charge is 0.382 e. The molecule has 27 heavy (non-hydrogen) atoms. The number of anilines is 3. The van der Waals surface area contributed by atoms with Crippen LogP contribution in [0, 0.1) is 6.92 Å². The summed E-state index contributed by atoms with van der Waals surface area (Å²) < 4.78 is 1.65. The van der Waals surface area contributed by atoms with Gasteiger partial charge in [0.25, 0.3) is 0 Å². The van der Waals surface area contributed by atoms with Crippen molar-refractivity contribution in [1.82, 2.24) is 19.7 Å². The van der Waals surface area contributed by atoms with Crippen molar-refractivity contribution in [2.45, 2.75) is 13.3 Å². The lowest BCUT2D eigenvalue weighted by Gasteiger charge is -2.22. The molecule has 0 aromatic carbocycles. The number of nitrogens with zero attached hydrogens (tertiary/aromatic N) is 5. The molecule has 8 nitrogen and oxygen atoms in total. The summed E-state index contributed by atoms with van der Waals surface area (Å²) in [5, 5.41) is 10.3. The third kappa shape index (κ3) is 3.59. The molecule has 0 saturated carbocycles. The predicted octanol–water partition coefficient (Wildman–Crippen LogP) is 3.04. The molecule has 4 heterocycles. The molecule has 4 rings (SSSR count). The topological polar surface area (TPSA) is 88.0 Å². The van der Waals surface area contributed by atoms with Gasteiger partial charge in [-0.15, -0.1) is 0 Å². The van der Waals surface area contributed by atoms with E-state index in [1.807, 2.05) is 38.2 Å². The zero-order chi connectivity index (χ0) is 18.8. The first-order valence-electron chi connectivity index (χ1n) is 8.85. The highest BCUT2D eigenvalue weighted by atomic mass is 16.2. The number of aryl methyl sites for hydroxylation is 2. The van der Waals surface area contributed by atoms with Crippen molar-refractivity contribution >= 4 is 23.2 Å². The molecule has 0 spiro atoms. The zero-order valence-corrected chi connectivity index (χ0v) is 15.3. The molecule has 0 bridgehead atoms. The Labute approximate surface area is 157 Å². The highest BCUT2D eigenvalue weighted by Gasteiger charge is 2.23. The van der Waals surface area contributed by atoms with Crippen molar-refractivity contribution in [1.29, 1.82) is 0 Å². The van der Waals surface area contributed by atoms with E-state index in [4.69, 9.17) is 4.98 Å². The van der Waals surface area contributed by atoms with Gasteiger partial charge in [0.05, 0.1) is 23.3 Å². The Bertz CT molecular complexity index is 982. The number of carbonyl (C=O) groups excluding carboxylic acids is 1. The Morgan fingerprint density at radius 3 is 2.96 bits per heavy atom. The van der Waals surface area contributed by atoms with Crippen LogP contribution in [0.2, 0.25) is 0 Å². The second-order valence-corrected chi connectivity index (χ2v) is 6.52. The van der Waals surface area contributed by atoms with E-state index in [1.54, 1.807) is 28.2 Å². The van der Waals surface area contributed by atoms with Crippen LogP contribution in [0.1, 0.15) is 12.1 Å². The Kier molecular flexibility index (Phi) is 4.45. The SMILES string of the molecule is Cc1cc(-c2ccc3c(n2)N(C(=O)Nc2cnn(C)c2)CCCN3)ccn1. The molecule has 3 aromatic rings. The first-order valence-corrected chi connectivity index (χ1v) is 8.85. The molecule has 0 unspecified atom stereocenters. The van der Waals surface area contributed by atoms with E-state index < -0.39 is 0 Å². The number of fused-ring (bicyclic) bond motifs is 1. The van der Waals surface area contributed by atoms with Gasteiger partial charge < -0.3 is 10.6 Å². The van der Waals surface area contributed by atoms with Crippen LogP contribution in [0.4, 0.5) is 22.0 Å². The van der Waals surface area contributed by atoms with Crippen molar-refractivity contribution in [3.8, 4) is 11.3 Å². The second kappa shape index (κ2) is 7.06. The molecule has 0 fully saturated rings. The maximum Gasteiger partial charge on any atom is 0.327 e. The van der Waals surface area contributed by atoms with E-state index in [2.05, 4.69) is 20.7 Å². The molecular weight excluding hydrogens is 342 g/mol. The van der Waals surface area contributed by atoms with Crippen molar-refractivity contribution in [3.05, 3.63) is 48.5 Å². The number of aromatic nitrogens is 4. The van der Waals surface area contributed by atoms with Crippen LogP contribution >= 0.6 is 0 Å². The molecule has 3 aromatic heterocycles. The summed E-state index contributed by atoms with van der Waals surface area (Å²) in [4.78, 5) is 23.6. The van der Waals surface area contributed by atoms with Gasteiger partial charge in [-0.2, -0.15) is 5.10 Å². The van der Waals surface area contributed by atoms with Crippen LogP contribution in [-0.2, 0) is 7.05 Å². The maximum absolute atomic E-state index is 12.9. The number of nitrogens with one attached hydrogen (secondary N) is 2.